The molecule has 116 valence electrons. The smallest absolute Gasteiger partial charge is 0.326 e. The average Bonchev–Trinajstić information content (AvgIpc) is 3.14. The average molecular weight is 306 g/mol. The number of hydrogen-bond acceptors (Lipinski definition) is 3. The number of amides is 1. The summed E-state index contributed by atoms with van der Waals surface area (Å²) < 4.78 is 19.0. The van der Waals surface area contributed by atoms with Crippen LogP contribution in [-0.2, 0) is 4.79 Å². The molecule has 0 unspecified atom stereocenters. The summed E-state index contributed by atoms with van der Waals surface area (Å²) >= 11 is 0. The number of carbonyl (C=O) groups is 2. The first-order valence-electron chi connectivity index (χ1n) is 6.92. The van der Waals surface area contributed by atoms with Gasteiger partial charge in [0.05, 0.1) is 12.6 Å². The maximum absolute atomic E-state index is 13.9. The lowest BCUT2D eigenvalue weighted by atomic mass is 10.2. The molecule has 1 aromatic heterocycles. The Hall–Kier alpha value is -2.57. The molecule has 1 aliphatic heterocycles. The number of H-pyrrole nitrogens is 1. The van der Waals surface area contributed by atoms with Gasteiger partial charge in [0, 0.05) is 11.9 Å². The van der Waals surface area contributed by atoms with E-state index in [9.17, 15) is 14.0 Å². The molecule has 2 heterocycles. The summed E-state index contributed by atoms with van der Waals surface area (Å²) in [6, 6.07) is 3.40. The topological polar surface area (TPSA) is 82.6 Å². The maximum Gasteiger partial charge on any atom is 0.326 e. The molecule has 1 amide bonds. The van der Waals surface area contributed by atoms with E-state index in [1.807, 2.05) is 0 Å². The number of hydrogen-bond donors (Lipinski definition) is 2. The van der Waals surface area contributed by atoms with Crippen molar-refractivity contribution in [3.8, 4) is 5.75 Å². The molecule has 1 fully saturated rings. The minimum atomic E-state index is -1.02. The van der Waals surface area contributed by atoms with E-state index in [1.54, 1.807) is 0 Å². The minimum Gasteiger partial charge on any atom is -0.496 e. The van der Waals surface area contributed by atoms with Crippen LogP contribution in [0.25, 0.3) is 10.9 Å². The number of nitrogens with one attached hydrogen (secondary N) is 1. The molecule has 22 heavy (non-hydrogen) atoms. The van der Waals surface area contributed by atoms with E-state index >= 15 is 0 Å². The number of aliphatic carboxylic acids is 1. The highest BCUT2D eigenvalue weighted by Crippen LogP contribution is 2.29. The number of carboxylic acids is 1. The normalized spacial score (nSPS) is 17.9. The molecule has 1 atom stereocenters. The molecule has 2 N–H and O–H groups in total. The van der Waals surface area contributed by atoms with Gasteiger partial charge in [-0.25, -0.2) is 9.18 Å². The standard InChI is InChI=1S/C15H15FN2O4/c1-22-12-5-4-9(16)13-8(12)7-10(17-13)14(19)18-6-2-3-11(18)15(20)21/h4-5,7,11,17H,2-3,6H2,1H3,(H,20,21)/t11-/m1/s1. The number of ether oxygens (including phenoxy) is 1. The largest absolute Gasteiger partial charge is 0.496 e. The van der Waals surface area contributed by atoms with Crippen molar-refractivity contribution in [2.24, 2.45) is 0 Å². The molecule has 7 heteroatoms. The van der Waals surface area contributed by atoms with Crippen LogP contribution in [0.2, 0.25) is 0 Å². The van der Waals surface area contributed by atoms with E-state index in [-0.39, 0.29) is 11.2 Å². The molecule has 3 rings (SSSR count). The first kappa shape index (κ1) is 14.4. The third-order valence-corrected chi connectivity index (χ3v) is 3.95. The van der Waals surface area contributed by atoms with Crippen molar-refractivity contribution in [1.29, 1.82) is 0 Å². The van der Waals surface area contributed by atoms with Crippen LogP contribution in [0.3, 0.4) is 0 Å². The van der Waals surface area contributed by atoms with Gasteiger partial charge in [-0.15, -0.1) is 0 Å². The second-order valence-electron chi connectivity index (χ2n) is 5.22. The summed E-state index contributed by atoms with van der Waals surface area (Å²) in [6.45, 7) is 0.380. The molecule has 6 nitrogen and oxygen atoms in total. The monoisotopic (exact) mass is 306 g/mol. The van der Waals surface area contributed by atoms with Crippen LogP contribution in [0.5, 0.6) is 5.75 Å². The van der Waals surface area contributed by atoms with Gasteiger partial charge in [0.15, 0.2) is 0 Å². The van der Waals surface area contributed by atoms with Crippen LogP contribution in [0, 0.1) is 5.82 Å². The van der Waals surface area contributed by atoms with E-state index in [1.165, 1.54) is 30.2 Å². The zero-order chi connectivity index (χ0) is 15.9. The van der Waals surface area contributed by atoms with E-state index in [4.69, 9.17) is 9.84 Å². The highest BCUT2D eigenvalue weighted by molar-refractivity contribution is 6.01. The number of rotatable bonds is 3. The lowest BCUT2D eigenvalue weighted by molar-refractivity contribution is -0.141. The van der Waals surface area contributed by atoms with E-state index in [0.717, 1.165) is 0 Å². The molecule has 1 aromatic carbocycles. The predicted molar refractivity (Wildman–Crippen MR) is 76.5 cm³/mol. The third kappa shape index (κ3) is 2.18. The molecule has 0 saturated carbocycles. The second-order valence-corrected chi connectivity index (χ2v) is 5.22. The number of methoxy groups -OCH3 is 1. The highest BCUT2D eigenvalue weighted by atomic mass is 19.1. The van der Waals surface area contributed by atoms with Gasteiger partial charge in [0.25, 0.3) is 5.91 Å². The Morgan fingerprint density at radius 3 is 2.91 bits per heavy atom. The van der Waals surface area contributed by atoms with Gasteiger partial charge in [0.2, 0.25) is 0 Å². The van der Waals surface area contributed by atoms with E-state index < -0.39 is 23.7 Å². The van der Waals surface area contributed by atoms with Gasteiger partial charge < -0.3 is 19.7 Å². The molecular formula is C15H15FN2O4. The summed E-state index contributed by atoms with van der Waals surface area (Å²) in [5.41, 5.74) is 0.334. The quantitative estimate of drug-likeness (QED) is 0.908. The van der Waals surface area contributed by atoms with Gasteiger partial charge >= 0.3 is 5.97 Å². The molecular weight excluding hydrogens is 291 g/mol. The number of fused-ring (bicyclic) bond motifs is 1. The number of aromatic nitrogens is 1. The lowest BCUT2D eigenvalue weighted by Gasteiger charge is -2.20. The maximum atomic E-state index is 13.9. The van der Waals surface area contributed by atoms with E-state index in [0.29, 0.717) is 30.5 Å². The van der Waals surface area contributed by atoms with Gasteiger partial charge in [-0.1, -0.05) is 0 Å². The first-order chi connectivity index (χ1) is 10.5. The van der Waals surface area contributed by atoms with Crippen LogP contribution in [-0.4, -0.2) is 46.6 Å². The predicted octanol–water partition coefficient (Wildman–Crippen LogP) is 2.00. The number of halogens is 1. The van der Waals surface area contributed by atoms with Crippen molar-refractivity contribution in [1.82, 2.24) is 9.88 Å². The number of likely N-dealkylation sites (tertiary alicyclic amines) is 1. The zero-order valence-corrected chi connectivity index (χ0v) is 11.9. The van der Waals surface area contributed by atoms with E-state index in [2.05, 4.69) is 4.98 Å². The summed E-state index contributed by atoms with van der Waals surface area (Å²) in [5, 5.41) is 9.62. The minimum absolute atomic E-state index is 0.159. The van der Waals surface area contributed by atoms with Gasteiger partial charge in [-0.3, -0.25) is 4.79 Å². The molecule has 1 saturated heterocycles. The molecule has 0 aliphatic carbocycles. The van der Waals surface area contributed by atoms with Crippen LogP contribution in [0.1, 0.15) is 23.3 Å². The summed E-state index contributed by atoms with van der Waals surface area (Å²) in [7, 11) is 1.46. The molecule has 0 bridgehead atoms. The van der Waals surface area contributed by atoms with Crippen LogP contribution in [0.4, 0.5) is 4.39 Å². The van der Waals surface area contributed by atoms with Crippen molar-refractivity contribution in [2.75, 3.05) is 13.7 Å². The Labute approximate surface area is 125 Å². The Balaban J connectivity index is 2.01. The van der Waals surface area contributed by atoms with Crippen molar-refractivity contribution < 1.29 is 23.8 Å². The zero-order valence-electron chi connectivity index (χ0n) is 11.9. The van der Waals surface area contributed by atoms with Crippen molar-refractivity contribution in [3.63, 3.8) is 0 Å². The fraction of sp³-hybridized carbons (Fsp3) is 0.333. The lowest BCUT2D eigenvalue weighted by Crippen LogP contribution is -2.40. The molecule has 0 spiro atoms. The number of aromatic amines is 1. The molecule has 1 aliphatic rings. The van der Waals surface area contributed by atoms with Crippen LogP contribution in [0.15, 0.2) is 18.2 Å². The highest BCUT2D eigenvalue weighted by Gasteiger charge is 2.35. The Morgan fingerprint density at radius 1 is 1.45 bits per heavy atom. The summed E-state index contributed by atoms with van der Waals surface area (Å²) in [6.07, 6.45) is 1.07. The fourth-order valence-electron chi connectivity index (χ4n) is 2.87. The number of benzene rings is 1. The summed E-state index contributed by atoms with van der Waals surface area (Å²) in [4.78, 5) is 27.7. The third-order valence-electron chi connectivity index (χ3n) is 3.95. The second kappa shape index (κ2) is 5.32. The van der Waals surface area contributed by atoms with Gasteiger partial charge in [-0.2, -0.15) is 0 Å². The Bertz CT molecular complexity index is 755. The van der Waals surface area contributed by atoms with Crippen LogP contribution >= 0.6 is 0 Å². The molecule has 2 aromatic rings. The Kier molecular flexibility index (Phi) is 3.48. The summed E-state index contributed by atoms with van der Waals surface area (Å²) in [5.74, 6) is -1.51. The van der Waals surface area contributed by atoms with Crippen LogP contribution < -0.4 is 4.74 Å². The van der Waals surface area contributed by atoms with Crippen molar-refractivity contribution in [3.05, 3.63) is 29.7 Å². The Morgan fingerprint density at radius 2 is 2.23 bits per heavy atom. The van der Waals surface area contributed by atoms with Crippen molar-refractivity contribution >= 4 is 22.8 Å². The van der Waals surface area contributed by atoms with Gasteiger partial charge in [0.1, 0.15) is 23.3 Å². The molecule has 0 radical (unpaired) electrons. The fourth-order valence-corrected chi connectivity index (χ4v) is 2.87. The first-order valence-corrected chi connectivity index (χ1v) is 6.92. The number of carboxylic acid groups (broad SMARTS) is 1. The SMILES string of the molecule is COc1ccc(F)c2[nH]c(C(=O)N3CCC[C@@H]3C(=O)O)cc12. The number of carbonyl (C=O) groups excluding carboxylic acids is 1. The van der Waals surface area contributed by atoms with Gasteiger partial charge in [-0.05, 0) is 31.0 Å². The number of nitrogens with zero attached hydrogens (tertiary/aromatic N) is 1. The van der Waals surface area contributed by atoms with Crippen molar-refractivity contribution in [2.45, 2.75) is 18.9 Å².